The van der Waals surface area contributed by atoms with Crippen molar-refractivity contribution >= 4 is 18.3 Å². The summed E-state index contributed by atoms with van der Waals surface area (Å²) in [4.78, 5) is 13.7. The van der Waals surface area contributed by atoms with Crippen molar-refractivity contribution < 1.29 is 22.4 Å². The molecule has 1 aromatic carbocycles. The van der Waals surface area contributed by atoms with Gasteiger partial charge in [-0.25, -0.2) is 4.39 Å². The minimum atomic E-state index is -4.81. The van der Waals surface area contributed by atoms with Gasteiger partial charge >= 0.3 is 6.18 Å². The Morgan fingerprint density at radius 1 is 1.38 bits per heavy atom. The summed E-state index contributed by atoms with van der Waals surface area (Å²) in [5, 5.41) is 3.08. The fourth-order valence-electron chi connectivity index (χ4n) is 2.18. The zero-order valence-electron chi connectivity index (χ0n) is 11.2. The van der Waals surface area contributed by atoms with Gasteiger partial charge in [-0.15, -0.1) is 12.4 Å². The van der Waals surface area contributed by atoms with Crippen LogP contribution in [0.15, 0.2) is 18.2 Å². The summed E-state index contributed by atoms with van der Waals surface area (Å²) >= 11 is 0. The molecule has 0 radical (unpaired) electrons. The Balaban J connectivity index is 0.00000220. The second-order valence-corrected chi connectivity index (χ2v) is 4.74. The van der Waals surface area contributed by atoms with Gasteiger partial charge in [-0.3, -0.25) is 4.79 Å². The quantitative estimate of drug-likeness (QED) is 0.805. The topological polar surface area (TPSA) is 32.3 Å². The van der Waals surface area contributed by atoms with Crippen LogP contribution in [0.4, 0.5) is 17.6 Å². The maximum absolute atomic E-state index is 13.2. The number of hydrogen-bond donors (Lipinski definition) is 1. The number of piperazine rings is 1. The maximum atomic E-state index is 13.2. The van der Waals surface area contributed by atoms with E-state index in [0.717, 1.165) is 6.07 Å². The molecule has 1 fully saturated rings. The average Bonchev–Trinajstić information content (AvgIpc) is 2.37. The lowest BCUT2D eigenvalue weighted by Crippen LogP contribution is -2.52. The molecule has 0 spiro atoms. The molecule has 8 heteroatoms. The zero-order chi connectivity index (χ0) is 14.9. The monoisotopic (exact) mass is 326 g/mol. The van der Waals surface area contributed by atoms with Gasteiger partial charge in [0.2, 0.25) is 0 Å². The van der Waals surface area contributed by atoms with Crippen molar-refractivity contribution in [3.63, 3.8) is 0 Å². The summed E-state index contributed by atoms with van der Waals surface area (Å²) in [5.74, 6) is -1.88. The number of amides is 1. The van der Waals surface area contributed by atoms with E-state index in [1.807, 2.05) is 0 Å². The molecule has 0 unspecified atom stereocenters. The van der Waals surface area contributed by atoms with Crippen LogP contribution in [0.3, 0.4) is 0 Å². The van der Waals surface area contributed by atoms with Crippen LogP contribution < -0.4 is 5.32 Å². The molecule has 1 aromatic rings. The van der Waals surface area contributed by atoms with Gasteiger partial charge in [0.1, 0.15) is 5.82 Å². The number of hydrogen-bond acceptors (Lipinski definition) is 2. The predicted octanol–water partition coefficient (Wildman–Crippen LogP) is 2.70. The van der Waals surface area contributed by atoms with Crippen LogP contribution in [-0.2, 0) is 6.18 Å². The molecule has 2 rings (SSSR count). The minimum absolute atomic E-state index is 0. The molecule has 1 aliphatic heterocycles. The number of carbonyl (C=O) groups excluding carboxylic acids is 1. The Kier molecular flexibility index (Phi) is 5.58. The number of nitrogens with one attached hydrogen (secondary N) is 1. The van der Waals surface area contributed by atoms with E-state index in [9.17, 15) is 22.4 Å². The normalized spacial score (nSPS) is 19.1. The number of benzene rings is 1. The average molecular weight is 327 g/mol. The van der Waals surface area contributed by atoms with E-state index in [4.69, 9.17) is 0 Å². The summed E-state index contributed by atoms with van der Waals surface area (Å²) in [7, 11) is 0. The molecule has 0 saturated carbocycles. The van der Waals surface area contributed by atoms with Gasteiger partial charge in [0.15, 0.2) is 0 Å². The summed E-state index contributed by atoms with van der Waals surface area (Å²) in [6.45, 7) is 3.39. The summed E-state index contributed by atoms with van der Waals surface area (Å²) in [5.41, 5.74) is -1.56. The van der Waals surface area contributed by atoms with Gasteiger partial charge in [0.25, 0.3) is 5.91 Å². The van der Waals surface area contributed by atoms with Gasteiger partial charge in [-0.1, -0.05) is 0 Å². The molecule has 3 nitrogen and oxygen atoms in total. The Bertz CT molecular complexity index is 521. The molecule has 1 amide bonds. The van der Waals surface area contributed by atoms with Crippen molar-refractivity contribution in [2.45, 2.75) is 19.1 Å². The van der Waals surface area contributed by atoms with Crippen LogP contribution in [0, 0.1) is 5.82 Å². The molecule has 21 heavy (non-hydrogen) atoms. The van der Waals surface area contributed by atoms with E-state index >= 15 is 0 Å². The van der Waals surface area contributed by atoms with E-state index in [0.29, 0.717) is 31.8 Å². The molecule has 0 aliphatic carbocycles. The predicted molar refractivity (Wildman–Crippen MR) is 72.0 cm³/mol. The van der Waals surface area contributed by atoms with Gasteiger partial charge in [0, 0.05) is 31.2 Å². The van der Waals surface area contributed by atoms with Crippen molar-refractivity contribution in [1.29, 1.82) is 0 Å². The fraction of sp³-hybridized carbons (Fsp3) is 0.462. The molecule has 118 valence electrons. The van der Waals surface area contributed by atoms with E-state index < -0.39 is 23.5 Å². The summed E-state index contributed by atoms with van der Waals surface area (Å²) < 4.78 is 51.1. The highest BCUT2D eigenvalue weighted by Gasteiger charge is 2.35. The first-order chi connectivity index (χ1) is 9.30. The Morgan fingerprint density at radius 3 is 2.62 bits per heavy atom. The van der Waals surface area contributed by atoms with Gasteiger partial charge in [-0.2, -0.15) is 13.2 Å². The van der Waals surface area contributed by atoms with Crippen LogP contribution in [0.25, 0.3) is 0 Å². The van der Waals surface area contributed by atoms with Crippen LogP contribution in [0.5, 0.6) is 0 Å². The lowest BCUT2D eigenvalue weighted by atomic mass is 10.1. The van der Waals surface area contributed by atoms with Crippen molar-refractivity contribution in [2.24, 2.45) is 0 Å². The van der Waals surface area contributed by atoms with E-state index in [1.165, 1.54) is 4.90 Å². The molecule has 1 saturated heterocycles. The van der Waals surface area contributed by atoms with Gasteiger partial charge < -0.3 is 10.2 Å². The molecule has 1 N–H and O–H groups in total. The van der Waals surface area contributed by atoms with Gasteiger partial charge in [0.05, 0.1) is 5.56 Å². The van der Waals surface area contributed by atoms with Crippen molar-refractivity contribution in [3.05, 3.63) is 35.1 Å². The van der Waals surface area contributed by atoms with Crippen molar-refractivity contribution in [2.75, 3.05) is 19.6 Å². The van der Waals surface area contributed by atoms with Crippen LogP contribution >= 0.6 is 12.4 Å². The minimum Gasteiger partial charge on any atom is -0.333 e. The number of carbonyl (C=O) groups is 1. The molecule has 0 bridgehead atoms. The number of nitrogens with zero attached hydrogens (tertiary/aromatic N) is 1. The highest BCUT2D eigenvalue weighted by Crippen LogP contribution is 2.32. The van der Waals surface area contributed by atoms with Crippen LogP contribution in [0.1, 0.15) is 22.8 Å². The Morgan fingerprint density at radius 2 is 2.05 bits per heavy atom. The molecule has 1 aliphatic rings. The Hall–Kier alpha value is -1.34. The first-order valence-corrected chi connectivity index (χ1v) is 6.19. The van der Waals surface area contributed by atoms with Crippen molar-refractivity contribution in [3.8, 4) is 0 Å². The molecule has 0 aromatic heterocycles. The third kappa shape index (κ3) is 3.85. The molecule has 1 atom stereocenters. The fourth-order valence-corrected chi connectivity index (χ4v) is 2.18. The van der Waals surface area contributed by atoms with E-state index in [1.54, 1.807) is 6.92 Å². The SMILES string of the molecule is C[C@H]1CNCCN1C(=O)c1ccc(F)c(C(F)(F)F)c1.Cl. The number of halogens is 5. The van der Waals surface area contributed by atoms with Crippen molar-refractivity contribution in [1.82, 2.24) is 10.2 Å². The van der Waals surface area contributed by atoms with E-state index in [-0.39, 0.29) is 24.0 Å². The van der Waals surface area contributed by atoms with Crippen LogP contribution in [-0.4, -0.2) is 36.5 Å². The number of alkyl halides is 3. The zero-order valence-corrected chi connectivity index (χ0v) is 12.0. The number of rotatable bonds is 1. The standard InChI is InChI=1S/C13H14F4N2O.ClH/c1-8-7-18-4-5-19(8)12(20)9-2-3-11(14)10(6-9)13(15,16)17;/h2-3,6,8,18H,4-5,7H2,1H3;1H/t8-;/m0./s1. The second kappa shape index (κ2) is 6.62. The smallest absolute Gasteiger partial charge is 0.333 e. The molecular weight excluding hydrogens is 312 g/mol. The lowest BCUT2D eigenvalue weighted by Gasteiger charge is -2.34. The second-order valence-electron chi connectivity index (χ2n) is 4.74. The third-order valence-electron chi connectivity index (χ3n) is 3.28. The summed E-state index contributed by atoms with van der Waals surface area (Å²) in [6.07, 6.45) is -4.81. The molecular formula is C13H15ClF4N2O. The highest BCUT2D eigenvalue weighted by molar-refractivity contribution is 5.94. The van der Waals surface area contributed by atoms with E-state index in [2.05, 4.69) is 5.32 Å². The molecule has 1 heterocycles. The highest BCUT2D eigenvalue weighted by atomic mass is 35.5. The first-order valence-electron chi connectivity index (χ1n) is 6.19. The third-order valence-corrected chi connectivity index (χ3v) is 3.28. The van der Waals surface area contributed by atoms with Crippen LogP contribution in [0.2, 0.25) is 0 Å². The largest absolute Gasteiger partial charge is 0.419 e. The Labute approximate surface area is 125 Å². The lowest BCUT2D eigenvalue weighted by molar-refractivity contribution is -0.140. The first kappa shape index (κ1) is 17.7. The summed E-state index contributed by atoms with van der Waals surface area (Å²) in [6, 6.07) is 2.23. The maximum Gasteiger partial charge on any atom is 0.419 e. The van der Waals surface area contributed by atoms with Gasteiger partial charge in [-0.05, 0) is 25.1 Å².